The maximum absolute atomic E-state index is 9.88. The Hall–Kier alpha value is -12.8. The van der Waals surface area contributed by atoms with Gasteiger partial charge in [0.05, 0.1) is 23.6 Å². The highest BCUT2D eigenvalue weighted by molar-refractivity contribution is 7.00. The van der Waals surface area contributed by atoms with Crippen LogP contribution in [-0.2, 0) is 27.1 Å². The van der Waals surface area contributed by atoms with Crippen LogP contribution in [0.15, 0.2) is 370 Å². The number of hydrogen-bond donors (Lipinski definition) is 0. The van der Waals surface area contributed by atoms with E-state index in [4.69, 9.17) is 1.37 Å². The quantitative estimate of drug-likeness (QED) is 0.113. The monoisotopic (exact) mass is 1500 g/mol. The van der Waals surface area contributed by atoms with Crippen molar-refractivity contribution in [3.63, 3.8) is 0 Å². The predicted octanol–water partition coefficient (Wildman–Crippen LogP) is 28.7. The lowest BCUT2D eigenvalue weighted by Gasteiger charge is -2.46. The number of benzene rings is 16. The lowest BCUT2D eigenvalue weighted by Crippen LogP contribution is -2.61. The van der Waals surface area contributed by atoms with Crippen molar-refractivity contribution in [1.82, 2.24) is 0 Å². The Balaban J connectivity index is 1.05. The summed E-state index contributed by atoms with van der Waals surface area (Å²) in [7, 11) is 0. The molecule has 3 aliphatic rings. The molecule has 562 valence electrons. The molecule has 16 aromatic rings. The normalized spacial score (nSPS) is 14.8. The van der Waals surface area contributed by atoms with Gasteiger partial charge < -0.3 is 9.80 Å². The van der Waals surface area contributed by atoms with Gasteiger partial charge in [-0.2, -0.15) is 0 Å². The van der Waals surface area contributed by atoms with Crippen LogP contribution < -0.4 is 26.2 Å². The van der Waals surface area contributed by atoms with Crippen LogP contribution in [0, 0.1) is 0 Å². The number of rotatable bonds is 12. The summed E-state index contributed by atoms with van der Waals surface area (Å²) in [6.07, 6.45) is 0. The standard InChI is InChI=1S/C113H97BN2/c1-109(2,3)87-63-83(64-88(69-87)110(4,5)6)82-59-61-102-100(66-82)114-99-65-81(75-40-22-14-23-41-75)58-60-101(99)115(107-94(76-42-24-15-25-43-76)70-89(111(7,8)9)71-95(107)77-44-26-16-27-45-77)103-67-84(68-104(106(103)114)116(102)108-96(78-46-28-17-29-47-78)72-90(112(10,11)12)73-97(108)79-48-30-18-31-49-79)91-55-37-56-93-92-54-34-35-57-98(92)113(105(91)93,85-51-32-19-33-52-85)86-53-36-50-80(62-86)74-38-20-13-21-39-74/h13-73H,1-12H3/i14D,22D,23D,40D,41D. The van der Waals surface area contributed by atoms with Crippen molar-refractivity contribution in [1.29, 1.82) is 0 Å². The Morgan fingerprint density at radius 1 is 0.250 bits per heavy atom. The molecular formula is C113H97BN2. The molecule has 3 heteroatoms. The van der Waals surface area contributed by atoms with Gasteiger partial charge >= 0.3 is 0 Å². The van der Waals surface area contributed by atoms with E-state index in [1.807, 2.05) is 6.07 Å². The Labute approximate surface area is 694 Å². The Kier molecular flexibility index (Phi) is 16.5. The van der Waals surface area contributed by atoms with E-state index in [1.165, 1.54) is 38.9 Å². The van der Waals surface area contributed by atoms with Gasteiger partial charge in [-0.3, -0.25) is 0 Å². The molecule has 0 amide bonds. The summed E-state index contributed by atoms with van der Waals surface area (Å²) in [5.41, 5.74) is 34.3. The van der Waals surface area contributed by atoms with Crippen LogP contribution in [0.3, 0.4) is 0 Å². The summed E-state index contributed by atoms with van der Waals surface area (Å²) >= 11 is 0. The van der Waals surface area contributed by atoms with E-state index in [1.54, 1.807) is 0 Å². The van der Waals surface area contributed by atoms with Gasteiger partial charge in [-0.25, -0.2) is 0 Å². The van der Waals surface area contributed by atoms with E-state index in [0.717, 1.165) is 145 Å². The minimum atomic E-state index is -0.885. The Morgan fingerprint density at radius 2 is 0.612 bits per heavy atom. The third-order valence-electron chi connectivity index (χ3n) is 24.6. The first-order valence-electron chi connectivity index (χ1n) is 43.5. The third kappa shape index (κ3) is 12.6. The molecule has 0 spiro atoms. The molecule has 19 rings (SSSR count). The predicted molar refractivity (Wildman–Crippen MR) is 496 cm³/mol. The van der Waals surface area contributed by atoms with Crippen molar-refractivity contribution >= 4 is 57.2 Å². The van der Waals surface area contributed by atoms with Crippen molar-refractivity contribution in [2.75, 3.05) is 9.80 Å². The summed E-state index contributed by atoms with van der Waals surface area (Å²) in [5, 5.41) is 0. The van der Waals surface area contributed by atoms with E-state index < -0.39 is 18.2 Å². The molecule has 0 fully saturated rings. The second-order valence-corrected chi connectivity index (χ2v) is 36.0. The van der Waals surface area contributed by atoms with E-state index in [-0.39, 0.29) is 51.4 Å². The van der Waals surface area contributed by atoms with Gasteiger partial charge in [0.15, 0.2) is 0 Å². The van der Waals surface area contributed by atoms with Crippen molar-refractivity contribution < 1.29 is 6.85 Å². The minimum absolute atomic E-state index is 0.139. The molecule has 2 nitrogen and oxygen atoms in total. The maximum atomic E-state index is 9.88. The smallest absolute Gasteiger partial charge is 0.252 e. The molecule has 2 aliphatic heterocycles. The largest absolute Gasteiger partial charge is 0.310 e. The zero-order valence-electron chi connectivity index (χ0n) is 73.3. The van der Waals surface area contributed by atoms with Crippen molar-refractivity contribution in [2.24, 2.45) is 0 Å². The molecule has 16 aromatic carbocycles. The van der Waals surface area contributed by atoms with Crippen LogP contribution in [0.1, 0.15) is 134 Å². The van der Waals surface area contributed by atoms with Crippen LogP contribution in [0.4, 0.5) is 34.1 Å². The van der Waals surface area contributed by atoms with Crippen molar-refractivity contribution in [2.45, 2.75) is 110 Å². The molecule has 1 unspecified atom stereocenters. The number of anilines is 6. The Morgan fingerprint density at radius 3 is 1.07 bits per heavy atom. The maximum Gasteiger partial charge on any atom is 0.252 e. The average molecular weight is 1500 g/mol. The number of nitrogens with zero attached hydrogens (tertiary/aromatic N) is 2. The average Bonchev–Trinajstić information content (AvgIpc) is 1.55. The fourth-order valence-corrected chi connectivity index (χ4v) is 18.6. The van der Waals surface area contributed by atoms with E-state index >= 15 is 0 Å². The lowest BCUT2D eigenvalue weighted by molar-refractivity contribution is 0.569. The van der Waals surface area contributed by atoms with Gasteiger partial charge in [0.2, 0.25) is 0 Å². The molecule has 2 heterocycles. The second kappa shape index (κ2) is 28.3. The molecular weight excluding hydrogens is 1400 g/mol. The topological polar surface area (TPSA) is 6.48 Å². The van der Waals surface area contributed by atoms with Crippen LogP contribution >= 0.6 is 0 Å². The number of hydrogen-bond acceptors (Lipinski definition) is 2. The summed E-state index contributed by atoms with van der Waals surface area (Å²) < 4.78 is 47.5. The van der Waals surface area contributed by atoms with Gasteiger partial charge in [-0.05, 0) is 215 Å². The van der Waals surface area contributed by atoms with Crippen LogP contribution in [-0.4, -0.2) is 6.71 Å². The van der Waals surface area contributed by atoms with Crippen LogP contribution in [0.2, 0.25) is 0 Å². The van der Waals surface area contributed by atoms with E-state index in [0.29, 0.717) is 5.56 Å². The van der Waals surface area contributed by atoms with E-state index in [2.05, 4.69) is 427 Å². The third-order valence-corrected chi connectivity index (χ3v) is 24.6. The summed E-state index contributed by atoms with van der Waals surface area (Å²) in [5.74, 6) is 0. The molecule has 0 bridgehead atoms. The van der Waals surface area contributed by atoms with Gasteiger partial charge in [0, 0.05) is 45.0 Å². The number of fused-ring (bicyclic) bond motifs is 7. The molecule has 0 aromatic heterocycles. The first kappa shape index (κ1) is 67.7. The minimum Gasteiger partial charge on any atom is -0.310 e. The molecule has 0 saturated carbocycles. The van der Waals surface area contributed by atoms with Gasteiger partial charge in [-0.1, -0.05) is 398 Å². The highest BCUT2D eigenvalue weighted by Crippen LogP contribution is 2.62. The lowest BCUT2D eigenvalue weighted by atomic mass is 9.33. The van der Waals surface area contributed by atoms with Gasteiger partial charge in [0.1, 0.15) is 0 Å². The molecule has 0 N–H and O–H groups in total. The molecule has 0 radical (unpaired) electrons. The SMILES string of the molecule is [2H]c1c([2H])c([2H])c(-c2ccc3c(c2)B2c4cc(-c5cc(C(C)(C)C)cc(C(C)(C)C)c5)ccc4N(c4c(-c5ccccc5)cc(C(C)(C)C)cc4-c4ccccc4)c4cc(-c5cccc6c5C(c5ccccc5)(c5cccc(-c7ccccc7)c5)c5ccccc5-6)cc(c42)N3c2c(-c3ccccc3)cc(C(C)(C)C)cc2-c2ccccc2)c([2H])c1[2H]. The van der Waals surface area contributed by atoms with E-state index in [9.17, 15) is 5.48 Å². The molecule has 1 atom stereocenters. The second-order valence-electron chi connectivity index (χ2n) is 36.0. The first-order valence-corrected chi connectivity index (χ1v) is 41.0. The summed E-state index contributed by atoms with van der Waals surface area (Å²) in [6.45, 7) is 27.2. The fourth-order valence-electron chi connectivity index (χ4n) is 18.6. The highest BCUT2D eigenvalue weighted by atomic mass is 15.2. The molecule has 116 heavy (non-hydrogen) atoms. The van der Waals surface area contributed by atoms with Crippen LogP contribution in [0.25, 0.3) is 100 Å². The van der Waals surface area contributed by atoms with Crippen molar-refractivity contribution in [3.8, 4) is 100 Å². The summed E-state index contributed by atoms with van der Waals surface area (Å²) in [4.78, 5) is 5.23. The molecule has 1 aliphatic carbocycles. The zero-order valence-corrected chi connectivity index (χ0v) is 68.3. The Bertz CT molecular complexity index is 6590. The fraction of sp³-hybridized carbons (Fsp3) is 0.150. The zero-order chi connectivity index (χ0) is 83.9. The molecule has 0 saturated heterocycles. The van der Waals surface area contributed by atoms with Gasteiger partial charge in [0.25, 0.3) is 6.71 Å². The summed E-state index contributed by atoms with van der Waals surface area (Å²) in [6, 6.07) is 125. The van der Waals surface area contributed by atoms with Gasteiger partial charge in [-0.15, -0.1) is 0 Å². The first-order chi connectivity index (χ1) is 58.1. The highest BCUT2D eigenvalue weighted by Gasteiger charge is 2.50. The van der Waals surface area contributed by atoms with Crippen molar-refractivity contribution in [3.05, 3.63) is 414 Å². The van der Waals surface area contributed by atoms with Crippen LogP contribution in [0.5, 0.6) is 0 Å².